The number of piperazine rings is 1. The fourth-order valence-corrected chi connectivity index (χ4v) is 5.66. The molecule has 6 nitrogen and oxygen atoms in total. The molecule has 0 amide bonds. The zero-order valence-electron chi connectivity index (χ0n) is 14.5. The highest BCUT2D eigenvalue weighted by molar-refractivity contribution is 6.60. The van der Waals surface area contributed by atoms with Crippen LogP contribution < -0.4 is 0 Å². The average molecular weight is 333 g/mol. The Bertz CT molecular complexity index is 315. The minimum atomic E-state index is -2.58. The lowest BCUT2D eigenvalue weighted by atomic mass is 10.3. The van der Waals surface area contributed by atoms with E-state index >= 15 is 0 Å². The molecule has 2 rings (SSSR count). The van der Waals surface area contributed by atoms with Crippen molar-refractivity contribution in [2.75, 3.05) is 60.1 Å². The first-order chi connectivity index (χ1) is 10.5. The molecule has 7 heteroatoms. The van der Waals surface area contributed by atoms with Crippen molar-refractivity contribution in [3.63, 3.8) is 0 Å². The predicted octanol–water partition coefficient (Wildman–Crippen LogP) is 1.05. The van der Waals surface area contributed by atoms with Crippen molar-refractivity contribution in [2.24, 2.45) is 0 Å². The number of hydrogen-bond donors (Lipinski definition) is 0. The number of nitrogens with zero attached hydrogens (tertiary/aromatic N) is 2. The van der Waals surface area contributed by atoms with E-state index in [0.29, 0.717) is 13.2 Å². The van der Waals surface area contributed by atoms with E-state index < -0.39 is 8.80 Å². The Labute approximate surface area is 136 Å². The van der Waals surface area contributed by atoms with E-state index in [-0.39, 0.29) is 12.2 Å². The maximum Gasteiger partial charge on any atom is 0.501 e. The molecule has 2 saturated heterocycles. The van der Waals surface area contributed by atoms with Gasteiger partial charge < -0.3 is 27.8 Å². The van der Waals surface area contributed by atoms with E-state index in [0.717, 1.165) is 45.2 Å². The normalized spacial score (nSPS) is 36.0. The highest BCUT2D eigenvalue weighted by Gasteiger charge is 2.44. The van der Waals surface area contributed by atoms with E-state index in [1.165, 1.54) is 0 Å². The van der Waals surface area contributed by atoms with Gasteiger partial charge in [-0.15, -0.1) is 0 Å². The zero-order chi connectivity index (χ0) is 16.0. The highest BCUT2D eigenvalue weighted by Crippen LogP contribution is 2.23. The lowest BCUT2D eigenvalue weighted by Crippen LogP contribution is -2.52. The first kappa shape index (κ1) is 18.3. The van der Waals surface area contributed by atoms with Gasteiger partial charge in [0.05, 0.1) is 25.4 Å². The predicted molar refractivity (Wildman–Crippen MR) is 88.0 cm³/mol. The lowest BCUT2D eigenvalue weighted by Gasteiger charge is -2.36. The van der Waals surface area contributed by atoms with Crippen LogP contribution in [0.1, 0.15) is 20.3 Å². The summed E-state index contributed by atoms with van der Waals surface area (Å²) in [5.41, 5.74) is 0. The lowest BCUT2D eigenvalue weighted by molar-refractivity contribution is -0.0678. The molecule has 2 fully saturated rings. The third kappa shape index (κ3) is 5.56. The fourth-order valence-electron chi connectivity index (χ4n) is 3.02. The summed E-state index contributed by atoms with van der Waals surface area (Å²) in [5, 5.41) is 0. The minimum Gasteiger partial charge on any atom is -0.377 e. The van der Waals surface area contributed by atoms with Crippen LogP contribution in [0.15, 0.2) is 0 Å². The molecule has 2 aliphatic rings. The van der Waals surface area contributed by atoms with E-state index in [1.54, 1.807) is 7.11 Å². The smallest absolute Gasteiger partial charge is 0.377 e. The van der Waals surface area contributed by atoms with Crippen LogP contribution in [0.3, 0.4) is 0 Å². The Kier molecular flexibility index (Phi) is 7.26. The molecule has 0 spiro atoms. The molecule has 0 aliphatic carbocycles. The number of ether oxygens (including phenoxy) is 1. The van der Waals surface area contributed by atoms with Crippen LogP contribution in [0.5, 0.6) is 0 Å². The highest BCUT2D eigenvalue weighted by atomic mass is 28.4. The molecule has 0 bridgehead atoms. The van der Waals surface area contributed by atoms with E-state index in [2.05, 4.69) is 16.8 Å². The Morgan fingerprint density at radius 3 is 2.18 bits per heavy atom. The molecule has 130 valence electrons. The quantitative estimate of drug-likeness (QED) is 0.701. The van der Waals surface area contributed by atoms with Crippen LogP contribution in [0.2, 0.25) is 6.04 Å². The molecule has 0 aromatic carbocycles. The second-order valence-electron chi connectivity index (χ2n) is 6.53. The molecule has 0 saturated carbocycles. The standard InChI is InChI=1S/C15H32N2O4Si/c1-14-12-19-13-15(2)21-22(18-4,20-14)11-5-6-17-9-7-16(3)8-10-17/h14-15H,5-13H2,1-4H3. The average Bonchev–Trinajstić information content (AvgIpc) is 2.47. The van der Waals surface area contributed by atoms with E-state index in [1.807, 2.05) is 13.8 Å². The molecule has 2 atom stereocenters. The molecule has 2 heterocycles. The summed E-state index contributed by atoms with van der Waals surface area (Å²) in [5.74, 6) is 0. The van der Waals surface area contributed by atoms with Gasteiger partial charge in [-0.3, -0.25) is 0 Å². The van der Waals surface area contributed by atoms with Gasteiger partial charge in [-0.25, -0.2) is 0 Å². The summed E-state index contributed by atoms with van der Waals surface area (Å²) in [6.07, 6.45) is 1.12. The Morgan fingerprint density at radius 2 is 1.64 bits per heavy atom. The summed E-state index contributed by atoms with van der Waals surface area (Å²) in [6.45, 7) is 11.0. The Hall–Kier alpha value is -0.0231. The van der Waals surface area contributed by atoms with Gasteiger partial charge in [0.2, 0.25) is 0 Å². The molecular weight excluding hydrogens is 300 g/mol. The van der Waals surface area contributed by atoms with Crippen LogP contribution >= 0.6 is 0 Å². The molecule has 0 N–H and O–H groups in total. The van der Waals surface area contributed by atoms with Crippen LogP contribution in [-0.4, -0.2) is 90.9 Å². The van der Waals surface area contributed by atoms with Gasteiger partial charge in [0, 0.05) is 39.3 Å². The van der Waals surface area contributed by atoms with Crippen molar-refractivity contribution in [3.05, 3.63) is 0 Å². The van der Waals surface area contributed by atoms with Crippen LogP contribution in [-0.2, 0) is 18.0 Å². The van der Waals surface area contributed by atoms with Crippen LogP contribution in [0.25, 0.3) is 0 Å². The molecule has 2 aliphatic heterocycles. The van der Waals surface area contributed by atoms with Gasteiger partial charge in [-0.05, 0) is 33.9 Å². The van der Waals surface area contributed by atoms with Crippen molar-refractivity contribution in [2.45, 2.75) is 38.5 Å². The molecule has 0 radical (unpaired) electrons. The number of likely N-dealkylation sites (N-methyl/N-ethyl adjacent to an activating group) is 1. The Balaban J connectivity index is 1.82. The second-order valence-corrected chi connectivity index (χ2v) is 9.28. The third-order valence-electron chi connectivity index (χ3n) is 4.33. The topological polar surface area (TPSA) is 43.4 Å². The van der Waals surface area contributed by atoms with Gasteiger partial charge >= 0.3 is 8.80 Å². The third-order valence-corrected chi connectivity index (χ3v) is 7.44. The van der Waals surface area contributed by atoms with Gasteiger partial charge in [-0.2, -0.15) is 0 Å². The largest absolute Gasteiger partial charge is 0.501 e. The van der Waals surface area contributed by atoms with Gasteiger partial charge in [0.25, 0.3) is 0 Å². The molecule has 0 aromatic heterocycles. The van der Waals surface area contributed by atoms with Gasteiger partial charge in [0.15, 0.2) is 0 Å². The van der Waals surface area contributed by atoms with Gasteiger partial charge in [-0.1, -0.05) is 0 Å². The van der Waals surface area contributed by atoms with Crippen molar-refractivity contribution >= 4 is 8.80 Å². The summed E-state index contributed by atoms with van der Waals surface area (Å²) < 4.78 is 23.6. The molecular formula is C15H32N2O4Si. The monoisotopic (exact) mass is 332 g/mol. The maximum atomic E-state index is 6.15. The Morgan fingerprint density at radius 1 is 1.05 bits per heavy atom. The maximum absolute atomic E-state index is 6.15. The van der Waals surface area contributed by atoms with E-state index in [4.69, 9.17) is 18.0 Å². The van der Waals surface area contributed by atoms with Crippen molar-refractivity contribution < 1.29 is 18.0 Å². The molecule has 0 aromatic rings. The van der Waals surface area contributed by atoms with Crippen molar-refractivity contribution in [3.8, 4) is 0 Å². The summed E-state index contributed by atoms with van der Waals surface area (Å²) in [6, 6.07) is 0.879. The fraction of sp³-hybridized carbons (Fsp3) is 1.00. The van der Waals surface area contributed by atoms with E-state index in [9.17, 15) is 0 Å². The van der Waals surface area contributed by atoms with Crippen molar-refractivity contribution in [1.29, 1.82) is 0 Å². The second kappa shape index (κ2) is 8.72. The summed E-state index contributed by atoms with van der Waals surface area (Å²) in [7, 11) is 1.33. The van der Waals surface area contributed by atoms with Crippen LogP contribution in [0, 0.1) is 0 Å². The first-order valence-corrected chi connectivity index (χ1v) is 10.4. The number of hydrogen-bond acceptors (Lipinski definition) is 6. The SMILES string of the molecule is CO[Si]1(CCCN2CCN(C)CC2)OC(C)COCC(C)O1. The van der Waals surface area contributed by atoms with Gasteiger partial charge in [0.1, 0.15) is 0 Å². The first-order valence-electron chi connectivity index (χ1n) is 8.42. The minimum absolute atomic E-state index is 0.0303. The van der Waals surface area contributed by atoms with Crippen molar-refractivity contribution in [1.82, 2.24) is 9.80 Å². The summed E-state index contributed by atoms with van der Waals surface area (Å²) >= 11 is 0. The zero-order valence-corrected chi connectivity index (χ0v) is 15.5. The number of rotatable bonds is 5. The van der Waals surface area contributed by atoms with Crippen LogP contribution in [0.4, 0.5) is 0 Å². The molecule has 22 heavy (non-hydrogen) atoms. The summed E-state index contributed by atoms with van der Waals surface area (Å²) in [4.78, 5) is 4.91. The molecule has 2 unspecified atom stereocenters.